The number of piperazine rings is 1. The molecule has 3 heterocycles. The lowest BCUT2D eigenvalue weighted by atomic mass is 10.2. The molecule has 3 saturated heterocycles. The molecule has 1 N–H and O–H groups in total. The summed E-state index contributed by atoms with van der Waals surface area (Å²) in [7, 11) is 1.92. The highest BCUT2D eigenvalue weighted by Gasteiger charge is 2.30. The van der Waals surface area contributed by atoms with Gasteiger partial charge >= 0.3 is 0 Å². The maximum absolute atomic E-state index is 6.14. The number of guanidine groups is 1. The molecule has 0 radical (unpaired) electrons. The molecule has 0 spiro atoms. The van der Waals surface area contributed by atoms with Crippen LogP contribution in [0.15, 0.2) is 29.3 Å². The molecule has 1 unspecified atom stereocenters. The molecule has 0 amide bonds. The third kappa shape index (κ3) is 5.59. The minimum absolute atomic E-state index is 0.724. The predicted octanol–water partition coefficient (Wildman–Crippen LogP) is 2.60. The normalized spacial score (nSPS) is 24.1. The molecule has 166 valence electrons. The minimum Gasteiger partial charge on any atom is -0.369 e. The summed E-state index contributed by atoms with van der Waals surface area (Å²) in [6.45, 7) is 11.3. The van der Waals surface area contributed by atoms with Crippen molar-refractivity contribution in [3.05, 3.63) is 29.3 Å². The number of anilines is 1. The molecule has 3 fully saturated rings. The van der Waals surface area contributed by atoms with Gasteiger partial charge in [0.05, 0.1) is 0 Å². The zero-order chi connectivity index (χ0) is 20.8. The molecular formula is C23H37ClN6. The highest BCUT2D eigenvalue weighted by Crippen LogP contribution is 2.21. The zero-order valence-electron chi connectivity index (χ0n) is 18.4. The van der Waals surface area contributed by atoms with Crippen LogP contribution in [-0.4, -0.2) is 99.2 Å². The fourth-order valence-electron chi connectivity index (χ4n) is 5.08. The molecule has 0 aliphatic carbocycles. The van der Waals surface area contributed by atoms with Crippen molar-refractivity contribution in [1.82, 2.24) is 20.0 Å². The van der Waals surface area contributed by atoms with Crippen LogP contribution < -0.4 is 10.2 Å². The van der Waals surface area contributed by atoms with Crippen molar-refractivity contribution >= 4 is 23.2 Å². The average Bonchev–Trinajstić information content (AvgIpc) is 3.46. The van der Waals surface area contributed by atoms with Crippen LogP contribution in [0.1, 0.15) is 25.7 Å². The fourth-order valence-corrected chi connectivity index (χ4v) is 5.26. The van der Waals surface area contributed by atoms with Crippen molar-refractivity contribution in [2.24, 2.45) is 4.99 Å². The molecule has 7 heteroatoms. The van der Waals surface area contributed by atoms with Crippen molar-refractivity contribution in [1.29, 1.82) is 0 Å². The first-order chi connectivity index (χ1) is 14.7. The second kappa shape index (κ2) is 10.7. The van der Waals surface area contributed by atoms with E-state index in [-0.39, 0.29) is 0 Å². The Labute approximate surface area is 186 Å². The minimum atomic E-state index is 0.724. The highest BCUT2D eigenvalue weighted by atomic mass is 35.5. The molecule has 3 aliphatic heterocycles. The number of hydrogen-bond acceptors (Lipinski definition) is 4. The van der Waals surface area contributed by atoms with Crippen molar-refractivity contribution in [2.75, 3.05) is 77.4 Å². The van der Waals surface area contributed by atoms with Crippen LogP contribution in [0.3, 0.4) is 0 Å². The van der Waals surface area contributed by atoms with E-state index >= 15 is 0 Å². The first-order valence-corrected chi connectivity index (χ1v) is 12.0. The Morgan fingerprint density at radius 3 is 2.63 bits per heavy atom. The maximum atomic E-state index is 6.14. The van der Waals surface area contributed by atoms with Crippen molar-refractivity contribution < 1.29 is 0 Å². The zero-order valence-corrected chi connectivity index (χ0v) is 19.2. The Kier molecular flexibility index (Phi) is 7.74. The summed E-state index contributed by atoms with van der Waals surface area (Å²) in [4.78, 5) is 14.7. The quantitative estimate of drug-likeness (QED) is 0.425. The van der Waals surface area contributed by atoms with Crippen LogP contribution in [-0.2, 0) is 0 Å². The molecule has 4 rings (SSSR count). The van der Waals surface area contributed by atoms with Gasteiger partial charge in [0.15, 0.2) is 5.96 Å². The van der Waals surface area contributed by atoms with Crippen molar-refractivity contribution in [3.8, 4) is 0 Å². The van der Waals surface area contributed by atoms with E-state index < -0.39 is 0 Å². The van der Waals surface area contributed by atoms with Crippen LogP contribution in [0.25, 0.3) is 0 Å². The standard InChI is InChI=1S/C23H37ClN6/c1-25-23(30-13-8-22(19-30)28-11-2-3-12-28)26-9-5-10-27-14-16-29(17-15-27)21-7-4-6-20(24)18-21/h4,6-7,18,22H,2-3,5,8-17,19H2,1H3,(H,25,26). The Bertz CT molecular complexity index is 697. The lowest BCUT2D eigenvalue weighted by Gasteiger charge is -2.36. The van der Waals surface area contributed by atoms with Crippen LogP contribution in [0.2, 0.25) is 5.02 Å². The molecule has 3 aliphatic rings. The smallest absolute Gasteiger partial charge is 0.193 e. The topological polar surface area (TPSA) is 37.4 Å². The second-order valence-electron chi connectivity index (χ2n) is 8.77. The molecule has 0 bridgehead atoms. The van der Waals surface area contributed by atoms with Gasteiger partial charge in [-0.3, -0.25) is 14.8 Å². The number of likely N-dealkylation sites (tertiary alicyclic amines) is 2. The van der Waals surface area contributed by atoms with Crippen molar-refractivity contribution in [3.63, 3.8) is 0 Å². The van der Waals surface area contributed by atoms with Crippen molar-refractivity contribution in [2.45, 2.75) is 31.7 Å². The molecule has 6 nitrogen and oxygen atoms in total. The Balaban J connectivity index is 1.13. The SMILES string of the molecule is CN=C(NCCCN1CCN(c2cccc(Cl)c2)CC1)N1CCC(N2CCCC2)C1. The van der Waals surface area contributed by atoms with Crippen LogP contribution in [0.5, 0.6) is 0 Å². The largest absolute Gasteiger partial charge is 0.369 e. The molecule has 0 saturated carbocycles. The molecule has 1 aromatic rings. The number of aliphatic imine (C=N–C) groups is 1. The summed E-state index contributed by atoms with van der Waals surface area (Å²) in [6, 6.07) is 8.93. The van der Waals surface area contributed by atoms with E-state index in [1.54, 1.807) is 0 Å². The van der Waals surface area contributed by atoms with Gasteiger partial charge in [-0.05, 0) is 63.5 Å². The average molecular weight is 433 g/mol. The third-order valence-electron chi connectivity index (χ3n) is 6.81. The van der Waals surface area contributed by atoms with Gasteiger partial charge < -0.3 is 15.1 Å². The fraction of sp³-hybridized carbons (Fsp3) is 0.696. The summed E-state index contributed by atoms with van der Waals surface area (Å²) in [5.41, 5.74) is 1.24. The molecular weight excluding hydrogens is 396 g/mol. The van der Waals surface area contributed by atoms with E-state index in [0.29, 0.717) is 0 Å². The Hall–Kier alpha value is -1.50. The summed E-state index contributed by atoms with van der Waals surface area (Å²) in [5.74, 6) is 1.09. The molecule has 0 aromatic heterocycles. The Morgan fingerprint density at radius 2 is 1.90 bits per heavy atom. The first-order valence-electron chi connectivity index (χ1n) is 11.7. The highest BCUT2D eigenvalue weighted by molar-refractivity contribution is 6.30. The number of nitrogens with one attached hydrogen (secondary N) is 1. The van der Waals surface area contributed by atoms with E-state index in [1.165, 1.54) is 38.0 Å². The molecule has 1 aromatic carbocycles. The van der Waals surface area contributed by atoms with E-state index in [2.05, 4.69) is 42.0 Å². The van der Waals surface area contributed by atoms with Crippen LogP contribution >= 0.6 is 11.6 Å². The Morgan fingerprint density at radius 1 is 1.10 bits per heavy atom. The first kappa shape index (κ1) is 21.7. The summed E-state index contributed by atoms with van der Waals surface area (Å²) in [5, 5.41) is 4.43. The maximum Gasteiger partial charge on any atom is 0.193 e. The molecule has 1 atom stereocenters. The predicted molar refractivity (Wildman–Crippen MR) is 127 cm³/mol. The van der Waals surface area contributed by atoms with Crippen LogP contribution in [0, 0.1) is 0 Å². The van der Waals surface area contributed by atoms with Crippen LogP contribution in [0.4, 0.5) is 5.69 Å². The van der Waals surface area contributed by atoms with Gasteiger partial charge in [0.25, 0.3) is 0 Å². The molecule has 30 heavy (non-hydrogen) atoms. The van der Waals surface area contributed by atoms with Gasteiger partial charge in [0, 0.05) is 69.6 Å². The van der Waals surface area contributed by atoms with Gasteiger partial charge in [-0.15, -0.1) is 0 Å². The number of rotatable bonds is 6. The van der Waals surface area contributed by atoms with Gasteiger partial charge in [0.1, 0.15) is 0 Å². The summed E-state index contributed by atoms with van der Waals surface area (Å²) < 4.78 is 0. The van der Waals surface area contributed by atoms with Gasteiger partial charge in [-0.2, -0.15) is 0 Å². The van der Waals surface area contributed by atoms with E-state index in [4.69, 9.17) is 11.6 Å². The number of hydrogen-bond donors (Lipinski definition) is 1. The van der Waals surface area contributed by atoms with Gasteiger partial charge in [0.2, 0.25) is 0 Å². The van der Waals surface area contributed by atoms with E-state index in [0.717, 1.165) is 75.8 Å². The van der Waals surface area contributed by atoms with E-state index in [9.17, 15) is 0 Å². The number of nitrogens with zero attached hydrogens (tertiary/aromatic N) is 5. The van der Waals surface area contributed by atoms with E-state index in [1.807, 2.05) is 19.2 Å². The number of halogens is 1. The van der Waals surface area contributed by atoms with Gasteiger partial charge in [-0.1, -0.05) is 17.7 Å². The lowest BCUT2D eigenvalue weighted by molar-refractivity contribution is 0.248. The number of benzene rings is 1. The monoisotopic (exact) mass is 432 g/mol. The van der Waals surface area contributed by atoms with Gasteiger partial charge in [-0.25, -0.2) is 0 Å². The summed E-state index contributed by atoms with van der Waals surface area (Å²) >= 11 is 6.14. The third-order valence-corrected chi connectivity index (χ3v) is 7.05. The second-order valence-corrected chi connectivity index (χ2v) is 9.20. The lowest BCUT2D eigenvalue weighted by Crippen LogP contribution is -2.47. The summed E-state index contributed by atoms with van der Waals surface area (Å²) in [6.07, 6.45) is 5.17.